The van der Waals surface area contributed by atoms with Crippen molar-refractivity contribution in [1.29, 1.82) is 0 Å². The van der Waals surface area contributed by atoms with E-state index in [-0.39, 0.29) is 16.0 Å². The van der Waals surface area contributed by atoms with E-state index in [0.717, 1.165) is 0 Å². The molecule has 0 aromatic heterocycles. The third-order valence-electron chi connectivity index (χ3n) is 2.66. The lowest BCUT2D eigenvalue weighted by molar-refractivity contribution is -0.115. The maximum Gasteiger partial charge on any atom is 0.264 e. The van der Waals surface area contributed by atoms with Crippen molar-refractivity contribution < 1.29 is 18.0 Å². The summed E-state index contributed by atoms with van der Waals surface area (Å²) in [6, 6.07) is 4.94. The van der Waals surface area contributed by atoms with E-state index in [0.29, 0.717) is 0 Å². The van der Waals surface area contributed by atoms with E-state index >= 15 is 0 Å². The Morgan fingerprint density at radius 3 is 2.27 bits per heavy atom. The minimum absolute atomic E-state index is 0.144. The molecule has 0 unspecified atom stereocenters. The second-order valence-electron chi connectivity index (χ2n) is 4.16. The molecule has 0 bridgehead atoms. The van der Waals surface area contributed by atoms with Crippen LogP contribution in [0.3, 0.4) is 0 Å². The van der Waals surface area contributed by atoms with Gasteiger partial charge in [0, 0.05) is 11.1 Å². The fourth-order valence-corrected chi connectivity index (χ4v) is 2.49. The summed E-state index contributed by atoms with van der Waals surface area (Å²) in [4.78, 5) is 22.7. The fraction of sp³-hybridized carbons (Fsp3) is 0.0667. The van der Waals surface area contributed by atoms with Crippen molar-refractivity contribution in [3.63, 3.8) is 0 Å². The number of hydrogen-bond acceptors (Lipinski definition) is 4. The number of nitrogens with one attached hydrogen (secondary N) is 1. The molecule has 0 aliphatic rings. The van der Waals surface area contributed by atoms with E-state index in [9.17, 15) is 18.0 Å². The van der Waals surface area contributed by atoms with Crippen LogP contribution in [0, 0.1) is 0 Å². The number of amides is 2. The number of hydrogen-bond donors (Lipinski definition) is 2. The van der Waals surface area contributed by atoms with Gasteiger partial charge >= 0.3 is 0 Å². The van der Waals surface area contributed by atoms with Crippen molar-refractivity contribution in [2.45, 2.75) is 11.8 Å². The summed E-state index contributed by atoms with van der Waals surface area (Å²) in [7, 11) is -4.03. The molecule has 6 nitrogen and oxygen atoms in total. The minimum Gasteiger partial charge on any atom is -0.366 e. The number of rotatable bonds is 6. The zero-order chi connectivity index (χ0) is 16.8. The van der Waals surface area contributed by atoms with Gasteiger partial charge in [-0.15, -0.1) is 0 Å². The monoisotopic (exact) mass is 320 g/mol. The number of primary amides is 1. The van der Waals surface area contributed by atoms with E-state index in [1.807, 2.05) is 4.72 Å². The first-order valence-corrected chi connectivity index (χ1v) is 7.72. The number of carbonyl (C=O) groups is 2. The number of nitrogens with two attached hydrogens (primary N) is 1. The van der Waals surface area contributed by atoms with Crippen molar-refractivity contribution in [3.05, 3.63) is 66.3 Å². The Balaban J connectivity index is 3.00. The molecule has 0 aliphatic heterocycles. The predicted octanol–water partition coefficient (Wildman–Crippen LogP) is 1.28. The molecular formula is C15H16N2O4S. The van der Waals surface area contributed by atoms with Crippen LogP contribution >= 0.6 is 0 Å². The largest absolute Gasteiger partial charge is 0.366 e. The summed E-state index contributed by atoms with van der Waals surface area (Å²) < 4.78 is 26.1. The van der Waals surface area contributed by atoms with Crippen molar-refractivity contribution in [2.75, 3.05) is 0 Å². The number of allylic oxidation sites excluding steroid dienone is 3. The van der Waals surface area contributed by atoms with E-state index < -0.39 is 21.8 Å². The summed E-state index contributed by atoms with van der Waals surface area (Å²) in [6.45, 7) is 5.08. The lowest BCUT2D eigenvalue weighted by Gasteiger charge is -2.07. The average molecular weight is 320 g/mol. The Kier molecular flexibility index (Phi) is 5.82. The van der Waals surface area contributed by atoms with Crippen molar-refractivity contribution in [1.82, 2.24) is 4.72 Å². The summed E-state index contributed by atoms with van der Waals surface area (Å²) in [5, 5.41) is 0. The maximum atomic E-state index is 12.1. The molecule has 2 amide bonds. The van der Waals surface area contributed by atoms with Crippen LogP contribution in [0.2, 0.25) is 0 Å². The first-order chi connectivity index (χ1) is 10.3. The molecule has 0 fully saturated rings. The van der Waals surface area contributed by atoms with Gasteiger partial charge in [-0.05, 0) is 37.3 Å². The molecule has 0 atom stereocenters. The van der Waals surface area contributed by atoms with Gasteiger partial charge in [0.05, 0.1) is 4.90 Å². The minimum atomic E-state index is -4.03. The van der Waals surface area contributed by atoms with Crippen molar-refractivity contribution >= 4 is 21.8 Å². The summed E-state index contributed by atoms with van der Waals surface area (Å²) in [5.74, 6) is -1.43. The lowest BCUT2D eigenvalue weighted by atomic mass is 10.2. The van der Waals surface area contributed by atoms with Gasteiger partial charge < -0.3 is 5.73 Å². The van der Waals surface area contributed by atoms with Gasteiger partial charge in [-0.25, -0.2) is 13.1 Å². The first kappa shape index (κ1) is 17.4. The second-order valence-corrected chi connectivity index (χ2v) is 5.84. The van der Waals surface area contributed by atoms with Crippen LogP contribution in [0.1, 0.15) is 17.3 Å². The number of carbonyl (C=O) groups excluding carboxylic acids is 2. The van der Waals surface area contributed by atoms with Gasteiger partial charge in [-0.2, -0.15) is 0 Å². The standard InChI is InChI=1S/C15H16N2O4S/c1-3-5-6-11(4-2)15(19)17-22(20,21)13-9-7-12(8-10-13)14(16)18/h3-10H,1H2,2H3,(H2,16,18)(H,17,19)/b6-5-,11-4+. The molecule has 0 saturated heterocycles. The van der Waals surface area contributed by atoms with Gasteiger partial charge in [0.1, 0.15) is 0 Å². The molecule has 0 spiro atoms. The molecular weight excluding hydrogens is 304 g/mol. The van der Waals surface area contributed by atoms with Crippen LogP contribution in [0.25, 0.3) is 0 Å². The van der Waals surface area contributed by atoms with Crippen molar-refractivity contribution in [3.8, 4) is 0 Å². The molecule has 22 heavy (non-hydrogen) atoms. The van der Waals surface area contributed by atoms with Gasteiger partial charge in [0.15, 0.2) is 0 Å². The average Bonchev–Trinajstić information content (AvgIpc) is 2.47. The molecule has 1 aromatic rings. The molecule has 0 radical (unpaired) electrons. The highest BCUT2D eigenvalue weighted by Gasteiger charge is 2.19. The predicted molar refractivity (Wildman–Crippen MR) is 83.4 cm³/mol. The molecule has 1 aromatic carbocycles. The van der Waals surface area contributed by atoms with E-state index in [1.165, 1.54) is 48.6 Å². The Morgan fingerprint density at radius 2 is 1.82 bits per heavy atom. The zero-order valence-corrected chi connectivity index (χ0v) is 12.8. The third kappa shape index (κ3) is 4.42. The number of sulfonamides is 1. The molecule has 3 N–H and O–H groups in total. The second kappa shape index (κ2) is 7.37. The zero-order valence-electron chi connectivity index (χ0n) is 11.9. The summed E-state index contributed by atoms with van der Waals surface area (Å²) in [5.41, 5.74) is 5.43. The molecule has 0 saturated carbocycles. The van der Waals surface area contributed by atoms with Crippen LogP contribution in [-0.2, 0) is 14.8 Å². The highest BCUT2D eigenvalue weighted by Crippen LogP contribution is 2.11. The molecule has 116 valence electrons. The van der Waals surface area contributed by atoms with Crippen LogP contribution in [0.15, 0.2) is 65.6 Å². The van der Waals surface area contributed by atoms with Crippen LogP contribution < -0.4 is 10.5 Å². The Morgan fingerprint density at radius 1 is 1.23 bits per heavy atom. The van der Waals surface area contributed by atoms with Crippen LogP contribution in [-0.4, -0.2) is 20.2 Å². The van der Waals surface area contributed by atoms with Gasteiger partial charge in [-0.1, -0.05) is 24.8 Å². The van der Waals surface area contributed by atoms with E-state index in [4.69, 9.17) is 5.73 Å². The molecule has 0 heterocycles. The SMILES string of the molecule is C=C/C=C\C(=C/C)C(=O)NS(=O)(=O)c1ccc(C(N)=O)cc1. The lowest BCUT2D eigenvalue weighted by Crippen LogP contribution is -2.31. The Hall–Kier alpha value is -2.67. The topological polar surface area (TPSA) is 106 Å². The Labute approximate surface area is 129 Å². The van der Waals surface area contributed by atoms with Crippen LogP contribution in [0.5, 0.6) is 0 Å². The maximum absolute atomic E-state index is 12.1. The third-order valence-corrected chi connectivity index (χ3v) is 4.01. The highest BCUT2D eigenvalue weighted by molar-refractivity contribution is 7.90. The number of benzene rings is 1. The van der Waals surface area contributed by atoms with Gasteiger partial charge in [0.25, 0.3) is 15.9 Å². The summed E-state index contributed by atoms with van der Waals surface area (Å²) in [6.07, 6.45) is 5.89. The van der Waals surface area contributed by atoms with Gasteiger partial charge in [-0.3, -0.25) is 9.59 Å². The van der Waals surface area contributed by atoms with E-state index in [1.54, 1.807) is 6.92 Å². The fourth-order valence-electron chi connectivity index (χ4n) is 1.51. The Bertz CT molecular complexity index is 744. The molecule has 7 heteroatoms. The van der Waals surface area contributed by atoms with Gasteiger partial charge in [0.2, 0.25) is 5.91 Å². The van der Waals surface area contributed by atoms with Crippen LogP contribution in [0.4, 0.5) is 0 Å². The van der Waals surface area contributed by atoms with Crippen molar-refractivity contribution in [2.24, 2.45) is 5.73 Å². The highest BCUT2D eigenvalue weighted by atomic mass is 32.2. The molecule has 1 rings (SSSR count). The normalized spacial score (nSPS) is 12.1. The smallest absolute Gasteiger partial charge is 0.264 e. The summed E-state index contributed by atoms with van der Waals surface area (Å²) >= 11 is 0. The van der Waals surface area contributed by atoms with E-state index in [2.05, 4.69) is 6.58 Å². The first-order valence-electron chi connectivity index (χ1n) is 6.24. The molecule has 0 aliphatic carbocycles. The quantitative estimate of drug-likeness (QED) is 0.608.